The average Bonchev–Trinajstić information content (AvgIpc) is 2.40. The highest BCUT2D eigenvalue weighted by Gasteiger charge is 2.04. The highest BCUT2D eigenvalue weighted by molar-refractivity contribution is 5.43. The molecule has 0 saturated heterocycles. The molecule has 0 aliphatic heterocycles. The molecule has 0 saturated carbocycles. The van der Waals surface area contributed by atoms with Crippen LogP contribution in [0.5, 0.6) is 11.5 Å². The highest BCUT2D eigenvalue weighted by atomic mass is 16.5. The molecule has 0 fully saturated rings. The summed E-state index contributed by atoms with van der Waals surface area (Å²) in [5.41, 5.74) is 10.0. The van der Waals surface area contributed by atoms with Crippen molar-refractivity contribution in [1.29, 1.82) is 0 Å². The molecule has 0 spiro atoms. The SMILES string of the molecule is Cc1cc(C)c(C)c(OCCOc2cccc(N)c2)c1. The fourth-order valence-corrected chi connectivity index (χ4v) is 2.07. The van der Waals surface area contributed by atoms with Gasteiger partial charge in [0, 0.05) is 11.8 Å². The van der Waals surface area contributed by atoms with Crippen LogP contribution in [0.1, 0.15) is 16.7 Å². The van der Waals surface area contributed by atoms with E-state index >= 15 is 0 Å². The Kier molecular flexibility index (Phi) is 4.51. The Balaban J connectivity index is 1.87. The molecule has 0 unspecified atom stereocenters. The van der Waals surface area contributed by atoms with E-state index in [0.29, 0.717) is 18.9 Å². The van der Waals surface area contributed by atoms with Gasteiger partial charge in [-0.2, -0.15) is 0 Å². The Morgan fingerprint density at radius 1 is 0.950 bits per heavy atom. The van der Waals surface area contributed by atoms with Gasteiger partial charge in [0.1, 0.15) is 24.7 Å². The Labute approximate surface area is 120 Å². The minimum Gasteiger partial charge on any atom is -0.490 e. The van der Waals surface area contributed by atoms with Crippen LogP contribution in [0, 0.1) is 20.8 Å². The molecule has 2 aromatic carbocycles. The van der Waals surface area contributed by atoms with Crippen LogP contribution in [0.15, 0.2) is 36.4 Å². The maximum Gasteiger partial charge on any atom is 0.122 e. The van der Waals surface area contributed by atoms with Crippen LogP contribution in [0.2, 0.25) is 0 Å². The van der Waals surface area contributed by atoms with E-state index in [1.807, 2.05) is 24.3 Å². The van der Waals surface area contributed by atoms with Crippen LogP contribution in [-0.2, 0) is 0 Å². The minimum atomic E-state index is 0.496. The summed E-state index contributed by atoms with van der Waals surface area (Å²) in [5, 5.41) is 0. The third-order valence-electron chi connectivity index (χ3n) is 3.23. The van der Waals surface area contributed by atoms with Gasteiger partial charge >= 0.3 is 0 Å². The Morgan fingerprint density at radius 3 is 2.45 bits per heavy atom. The smallest absolute Gasteiger partial charge is 0.122 e. The fourth-order valence-electron chi connectivity index (χ4n) is 2.07. The molecule has 2 aromatic rings. The van der Waals surface area contributed by atoms with E-state index in [2.05, 4.69) is 32.9 Å². The standard InChI is InChI=1S/C17H21NO2/c1-12-9-13(2)14(3)17(10-12)20-8-7-19-16-6-4-5-15(18)11-16/h4-6,9-11H,7-8,18H2,1-3H3. The summed E-state index contributed by atoms with van der Waals surface area (Å²) in [7, 11) is 0. The lowest BCUT2D eigenvalue weighted by Gasteiger charge is -2.13. The molecule has 2 rings (SSSR count). The fraction of sp³-hybridized carbons (Fsp3) is 0.294. The van der Waals surface area contributed by atoms with Gasteiger partial charge in [-0.3, -0.25) is 0 Å². The molecule has 0 atom stereocenters. The van der Waals surface area contributed by atoms with Crippen LogP contribution in [-0.4, -0.2) is 13.2 Å². The number of nitrogen functional groups attached to an aromatic ring is 1. The van der Waals surface area contributed by atoms with Crippen molar-refractivity contribution in [2.75, 3.05) is 18.9 Å². The van der Waals surface area contributed by atoms with Crippen molar-refractivity contribution in [3.05, 3.63) is 53.1 Å². The summed E-state index contributed by atoms with van der Waals surface area (Å²) >= 11 is 0. The number of benzene rings is 2. The van der Waals surface area contributed by atoms with E-state index in [1.165, 1.54) is 16.7 Å². The van der Waals surface area contributed by atoms with Gasteiger partial charge in [0.15, 0.2) is 0 Å². The number of nitrogens with two attached hydrogens (primary N) is 1. The third kappa shape index (κ3) is 3.67. The summed E-state index contributed by atoms with van der Waals surface area (Å²) in [6.07, 6.45) is 0. The van der Waals surface area contributed by atoms with Crippen LogP contribution >= 0.6 is 0 Å². The number of hydrogen-bond donors (Lipinski definition) is 1. The second-order valence-electron chi connectivity index (χ2n) is 4.97. The topological polar surface area (TPSA) is 44.5 Å². The third-order valence-corrected chi connectivity index (χ3v) is 3.23. The van der Waals surface area contributed by atoms with E-state index in [1.54, 1.807) is 0 Å². The second-order valence-corrected chi connectivity index (χ2v) is 4.97. The lowest BCUT2D eigenvalue weighted by atomic mass is 10.1. The molecule has 0 aromatic heterocycles. The van der Waals surface area contributed by atoms with Crippen molar-refractivity contribution in [2.45, 2.75) is 20.8 Å². The zero-order valence-corrected chi connectivity index (χ0v) is 12.3. The first kappa shape index (κ1) is 14.3. The Morgan fingerprint density at radius 2 is 1.70 bits per heavy atom. The van der Waals surface area contributed by atoms with Gasteiger partial charge in [0.2, 0.25) is 0 Å². The lowest BCUT2D eigenvalue weighted by Crippen LogP contribution is -2.10. The summed E-state index contributed by atoms with van der Waals surface area (Å²) in [6, 6.07) is 11.6. The summed E-state index contributed by atoms with van der Waals surface area (Å²) in [6.45, 7) is 7.25. The molecule has 0 aliphatic carbocycles. The van der Waals surface area contributed by atoms with Crippen molar-refractivity contribution >= 4 is 5.69 Å². The molecule has 0 aliphatic rings. The number of ether oxygens (including phenoxy) is 2. The minimum absolute atomic E-state index is 0.496. The molecule has 2 N–H and O–H groups in total. The molecule has 3 heteroatoms. The molecular formula is C17H21NO2. The van der Waals surface area contributed by atoms with E-state index in [9.17, 15) is 0 Å². The molecule has 106 valence electrons. The zero-order chi connectivity index (χ0) is 14.5. The molecule has 0 amide bonds. The normalized spacial score (nSPS) is 10.3. The van der Waals surface area contributed by atoms with Crippen molar-refractivity contribution in [3.8, 4) is 11.5 Å². The maximum atomic E-state index is 5.79. The van der Waals surface area contributed by atoms with E-state index < -0.39 is 0 Å². The molecule has 0 radical (unpaired) electrons. The zero-order valence-electron chi connectivity index (χ0n) is 12.3. The van der Waals surface area contributed by atoms with E-state index in [-0.39, 0.29) is 0 Å². The Bertz CT molecular complexity index is 594. The van der Waals surface area contributed by atoms with Gasteiger partial charge < -0.3 is 15.2 Å². The Hall–Kier alpha value is -2.16. The highest BCUT2D eigenvalue weighted by Crippen LogP contribution is 2.23. The first-order valence-electron chi connectivity index (χ1n) is 6.75. The lowest BCUT2D eigenvalue weighted by molar-refractivity contribution is 0.216. The summed E-state index contributed by atoms with van der Waals surface area (Å²) in [4.78, 5) is 0. The average molecular weight is 271 g/mol. The number of hydrogen-bond acceptors (Lipinski definition) is 3. The molecular weight excluding hydrogens is 250 g/mol. The van der Waals surface area contributed by atoms with Crippen LogP contribution < -0.4 is 15.2 Å². The predicted molar refractivity (Wildman–Crippen MR) is 82.5 cm³/mol. The van der Waals surface area contributed by atoms with E-state index in [0.717, 1.165) is 11.5 Å². The number of aryl methyl sites for hydroxylation is 2. The first-order valence-corrected chi connectivity index (χ1v) is 6.75. The largest absolute Gasteiger partial charge is 0.490 e. The second kappa shape index (κ2) is 6.33. The van der Waals surface area contributed by atoms with Crippen molar-refractivity contribution in [1.82, 2.24) is 0 Å². The molecule has 0 bridgehead atoms. The summed E-state index contributed by atoms with van der Waals surface area (Å²) in [5.74, 6) is 1.70. The number of anilines is 1. The quantitative estimate of drug-likeness (QED) is 0.667. The van der Waals surface area contributed by atoms with Gasteiger partial charge in [-0.15, -0.1) is 0 Å². The van der Waals surface area contributed by atoms with Crippen LogP contribution in [0.25, 0.3) is 0 Å². The van der Waals surface area contributed by atoms with Crippen molar-refractivity contribution in [2.24, 2.45) is 0 Å². The van der Waals surface area contributed by atoms with Gasteiger partial charge in [0.25, 0.3) is 0 Å². The monoisotopic (exact) mass is 271 g/mol. The molecule has 0 heterocycles. The van der Waals surface area contributed by atoms with Crippen LogP contribution in [0.3, 0.4) is 0 Å². The van der Waals surface area contributed by atoms with Crippen molar-refractivity contribution < 1.29 is 9.47 Å². The number of rotatable bonds is 5. The van der Waals surface area contributed by atoms with Gasteiger partial charge in [-0.1, -0.05) is 12.1 Å². The molecule has 3 nitrogen and oxygen atoms in total. The maximum absolute atomic E-state index is 5.79. The predicted octanol–water partition coefficient (Wildman–Crippen LogP) is 3.65. The molecule has 20 heavy (non-hydrogen) atoms. The van der Waals surface area contributed by atoms with Gasteiger partial charge in [-0.25, -0.2) is 0 Å². The first-order chi connectivity index (χ1) is 9.56. The van der Waals surface area contributed by atoms with E-state index in [4.69, 9.17) is 15.2 Å². The summed E-state index contributed by atoms with van der Waals surface area (Å²) < 4.78 is 11.4. The van der Waals surface area contributed by atoms with Crippen LogP contribution in [0.4, 0.5) is 5.69 Å². The van der Waals surface area contributed by atoms with Crippen molar-refractivity contribution in [3.63, 3.8) is 0 Å². The van der Waals surface area contributed by atoms with Gasteiger partial charge in [0.05, 0.1) is 0 Å². The van der Waals surface area contributed by atoms with Gasteiger partial charge in [-0.05, 0) is 55.7 Å².